The summed E-state index contributed by atoms with van der Waals surface area (Å²) in [6.07, 6.45) is 3.75. The number of likely N-dealkylation sites (tertiary alicyclic amines) is 1. The van der Waals surface area contributed by atoms with Gasteiger partial charge >= 0.3 is 0 Å². The highest BCUT2D eigenvalue weighted by atomic mass is 16.5. The first-order valence-electron chi connectivity index (χ1n) is 7.46. The van der Waals surface area contributed by atoms with Crippen molar-refractivity contribution in [1.29, 1.82) is 0 Å². The van der Waals surface area contributed by atoms with Gasteiger partial charge in [0.2, 0.25) is 5.88 Å². The van der Waals surface area contributed by atoms with Crippen LogP contribution in [0.15, 0.2) is 0 Å². The maximum Gasteiger partial charge on any atom is 0.221 e. The number of nitrogens with zero attached hydrogens (tertiary/aromatic N) is 3. The van der Waals surface area contributed by atoms with E-state index in [0.717, 1.165) is 17.9 Å². The number of nitrogen functional groups attached to an aromatic ring is 1. The molecule has 1 aromatic heterocycles. The number of aromatic nitrogens is 2. The van der Waals surface area contributed by atoms with Gasteiger partial charge in [-0.1, -0.05) is 20.3 Å². The number of piperidine rings is 1. The molecular formula is C15H26N4O. The highest BCUT2D eigenvalue weighted by Crippen LogP contribution is 2.24. The minimum absolute atomic E-state index is 0.248. The Morgan fingerprint density at radius 1 is 1.35 bits per heavy atom. The van der Waals surface area contributed by atoms with E-state index in [0.29, 0.717) is 24.3 Å². The van der Waals surface area contributed by atoms with Crippen molar-refractivity contribution in [3.8, 4) is 5.88 Å². The zero-order chi connectivity index (χ0) is 14.7. The van der Waals surface area contributed by atoms with Gasteiger partial charge in [0.25, 0.3) is 0 Å². The second-order valence-corrected chi connectivity index (χ2v) is 5.99. The Kier molecular flexibility index (Phi) is 4.81. The topological polar surface area (TPSA) is 64.3 Å². The van der Waals surface area contributed by atoms with Crippen LogP contribution in [0.5, 0.6) is 5.88 Å². The van der Waals surface area contributed by atoms with Gasteiger partial charge in [-0.2, -0.15) is 4.98 Å². The number of likely N-dealkylation sites (N-methyl/N-ethyl adjacent to an activating group) is 1. The Bertz CT molecular complexity index is 461. The molecule has 5 heteroatoms. The predicted molar refractivity (Wildman–Crippen MR) is 81.0 cm³/mol. The summed E-state index contributed by atoms with van der Waals surface area (Å²) >= 11 is 0. The maximum absolute atomic E-state index is 5.95. The molecule has 1 aliphatic rings. The van der Waals surface area contributed by atoms with E-state index in [4.69, 9.17) is 10.5 Å². The first-order valence-corrected chi connectivity index (χ1v) is 7.46. The summed E-state index contributed by atoms with van der Waals surface area (Å²) in [5.74, 6) is 2.16. The molecule has 0 aromatic carbocycles. The lowest BCUT2D eigenvalue weighted by atomic mass is 10.0. The van der Waals surface area contributed by atoms with Crippen molar-refractivity contribution in [2.45, 2.75) is 52.0 Å². The van der Waals surface area contributed by atoms with E-state index in [1.54, 1.807) is 0 Å². The summed E-state index contributed by atoms with van der Waals surface area (Å²) in [5.41, 5.74) is 6.79. The van der Waals surface area contributed by atoms with Crippen molar-refractivity contribution >= 4 is 5.82 Å². The maximum atomic E-state index is 5.95. The molecule has 1 atom stereocenters. The molecule has 2 N–H and O–H groups in total. The lowest BCUT2D eigenvalue weighted by Crippen LogP contribution is -2.40. The minimum atomic E-state index is 0.248. The quantitative estimate of drug-likeness (QED) is 0.916. The van der Waals surface area contributed by atoms with Crippen LogP contribution in [0.4, 0.5) is 5.82 Å². The van der Waals surface area contributed by atoms with Crippen LogP contribution >= 0.6 is 0 Å². The van der Waals surface area contributed by atoms with E-state index in [2.05, 4.69) is 35.8 Å². The Labute approximate surface area is 121 Å². The number of ether oxygens (including phenoxy) is 1. The zero-order valence-electron chi connectivity index (χ0n) is 13.0. The van der Waals surface area contributed by atoms with Crippen LogP contribution in [-0.2, 0) is 0 Å². The molecule has 5 nitrogen and oxygen atoms in total. The van der Waals surface area contributed by atoms with Gasteiger partial charge < -0.3 is 15.4 Å². The van der Waals surface area contributed by atoms with Gasteiger partial charge in [-0.15, -0.1) is 0 Å². The molecule has 2 heterocycles. The largest absolute Gasteiger partial charge is 0.476 e. The Morgan fingerprint density at radius 2 is 2.10 bits per heavy atom. The van der Waals surface area contributed by atoms with Crippen LogP contribution < -0.4 is 10.5 Å². The van der Waals surface area contributed by atoms with Crippen molar-refractivity contribution in [1.82, 2.24) is 14.9 Å². The van der Waals surface area contributed by atoms with Crippen LogP contribution in [0, 0.1) is 6.92 Å². The van der Waals surface area contributed by atoms with Gasteiger partial charge in [0, 0.05) is 12.0 Å². The lowest BCUT2D eigenvalue weighted by Gasteiger charge is -2.32. The van der Waals surface area contributed by atoms with E-state index in [1.807, 2.05) is 6.92 Å². The average molecular weight is 278 g/mol. The first-order chi connectivity index (χ1) is 9.49. The van der Waals surface area contributed by atoms with E-state index in [-0.39, 0.29) is 5.92 Å². The number of hydrogen-bond acceptors (Lipinski definition) is 5. The first kappa shape index (κ1) is 15.0. The number of rotatable bonds is 4. The fourth-order valence-electron chi connectivity index (χ4n) is 2.46. The number of anilines is 1. The molecule has 1 unspecified atom stereocenters. The van der Waals surface area contributed by atoms with Gasteiger partial charge in [0.05, 0.1) is 5.56 Å². The SMILES string of the molecule is Cc1c(N)nc(C(C)C)nc1OCC1CCCCN1C. The lowest BCUT2D eigenvalue weighted by molar-refractivity contribution is 0.122. The molecule has 0 radical (unpaired) electrons. The highest BCUT2D eigenvalue weighted by Gasteiger charge is 2.20. The fraction of sp³-hybridized carbons (Fsp3) is 0.733. The van der Waals surface area contributed by atoms with Crippen LogP contribution in [0.2, 0.25) is 0 Å². The summed E-state index contributed by atoms with van der Waals surface area (Å²) in [5, 5.41) is 0. The van der Waals surface area contributed by atoms with Gasteiger partial charge in [-0.05, 0) is 33.4 Å². The average Bonchev–Trinajstić information content (AvgIpc) is 2.41. The number of hydrogen-bond donors (Lipinski definition) is 1. The Hall–Kier alpha value is -1.36. The fourth-order valence-corrected chi connectivity index (χ4v) is 2.46. The van der Waals surface area contributed by atoms with E-state index < -0.39 is 0 Å². The van der Waals surface area contributed by atoms with Gasteiger partial charge in [0.1, 0.15) is 18.2 Å². The predicted octanol–water partition coefficient (Wildman–Crippen LogP) is 2.35. The molecule has 0 bridgehead atoms. The second-order valence-electron chi connectivity index (χ2n) is 5.99. The summed E-state index contributed by atoms with van der Waals surface area (Å²) in [4.78, 5) is 11.2. The van der Waals surface area contributed by atoms with Gasteiger partial charge in [0.15, 0.2) is 0 Å². The summed E-state index contributed by atoms with van der Waals surface area (Å²) in [6, 6.07) is 0.474. The highest BCUT2D eigenvalue weighted by molar-refractivity contribution is 5.44. The molecule has 0 amide bonds. The van der Waals surface area contributed by atoms with Crippen LogP contribution in [0.25, 0.3) is 0 Å². The van der Waals surface area contributed by atoms with Crippen molar-refractivity contribution in [2.75, 3.05) is 25.9 Å². The van der Waals surface area contributed by atoms with Crippen molar-refractivity contribution in [3.05, 3.63) is 11.4 Å². The van der Waals surface area contributed by atoms with E-state index in [1.165, 1.54) is 19.3 Å². The monoisotopic (exact) mass is 278 g/mol. The second kappa shape index (κ2) is 6.39. The van der Waals surface area contributed by atoms with Crippen molar-refractivity contribution < 1.29 is 4.74 Å². The smallest absolute Gasteiger partial charge is 0.221 e. The Balaban J connectivity index is 2.08. The van der Waals surface area contributed by atoms with Crippen LogP contribution in [-0.4, -0.2) is 41.1 Å². The molecular weight excluding hydrogens is 252 g/mol. The number of nitrogens with two attached hydrogens (primary N) is 1. The molecule has 2 rings (SSSR count). The Morgan fingerprint density at radius 3 is 2.75 bits per heavy atom. The molecule has 20 heavy (non-hydrogen) atoms. The van der Waals surface area contributed by atoms with Crippen LogP contribution in [0.1, 0.15) is 50.4 Å². The van der Waals surface area contributed by atoms with Crippen molar-refractivity contribution in [2.24, 2.45) is 0 Å². The third-order valence-electron chi connectivity index (χ3n) is 4.01. The summed E-state index contributed by atoms with van der Waals surface area (Å²) < 4.78 is 5.95. The molecule has 1 aromatic rings. The van der Waals surface area contributed by atoms with E-state index >= 15 is 0 Å². The van der Waals surface area contributed by atoms with Crippen molar-refractivity contribution in [3.63, 3.8) is 0 Å². The normalized spacial score (nSPS) is 20.4. The third-order valence-corrected chi connectivity index (χ3v) is 4.01. The molecule has 0 spiro atoms. The van der Waals surface area contributed by atoms with E-state index in [9.17, 15) is 0 Å². The van der Waals surface area contributed by atoms with Crippen LogP contribution in [0.3, 0.4) is 0 Å². The van der Waals surface area contributed by atoms with Gasteiger partial charge in [-0.3, -0.25) is 0 Å². The van der Waals surface area contributed by atoms with Gasteiger partial charge in [-0.25, -0.2) is 4.98 Å². The zero-order valence-corrected chi connectivity index (χ0v) is 13.0. The standard InChI is InChI=1S/C15H26N4O/c1-10(2)14-17-13(16)11(3)15(18-14)20-9-12-7-5-6-8-19(12)4/h10,12H,5-9H2,1-4H3,(H2,16,17,18). The summed E-state index contributed by atoms with van der Waals surface area (Å²) in [6.45, 7) is 7.85. The minimum Gasteiger partial charge on any atom is -0.476 e. The molecule has 1 aliphatic heterocycles. The molecule has 1 saturated heterocycles. The third kappa shape index (κ3) is 3.39. The molecule has 0 saturated carbocycles. The molecule has 112 valence electrons. The molecule has 1 fully saturated rings. The summed E-state index contributed by atoms with van der Waals surface area (Å²) in [7, 11) is 2.16. The molecule has 0 aliphatic carbocycles.